The fourth-order valence-corrected chi connectivity index (χ4v) is 3.70. The summed E-state index contributed by atoms with van der Waals surface area (Å²) < 4.78 is 13.1. The molecule has 7 heteroatoms. The molecule has 2 N–H and O–H groups in total. The monoisotopic (exact) mass is 340 g/mol. The molecule has 0 unspecified atom stereocenters. The van der Waals surface area contributed by atoms with Crippen molar-refractivity contribution in [1.29, 1.82) is 0 Å². The summed E-state index contributed by atoms with van der Waals surface area (Å²) in [4.78, 5) is 26.5. The predicted octanol–water partition coefficient (Wildman–Crippen LogP) is 1.58. The first kappa shape index (κ1) is 16.2. The van der Waals surface area contributed by atoms with E-state index in [1.807, 2.05) is 0 Å². The molecule has 0 aromatic heterocycles. The van der Waals surface area contributed by atoms with Crippen molar-refractivity contribution in [2.75, 3.05) is 19.6 Å². The maximum absolute atomic E-state index is 13.1. The lowest BCUT2D eigenvalue weighted by Crippen LogP contribution is -2.62. The summed E-state index contributed by atoms with van der Waals surface area (Å²) >= 11 is 5.96. The minimum absolute atomic E-state index is 0.0447. The zero-order valence-electron chi connectivity index (χ0n) is 12.5. The number of aliphatic hydroxyl groups is 1. The van der Waals surface area contributed by atoms with E-state index >= 15 is 0 Å². The van der Waals surface area contributed by atoms with Crippen molar-refractivity contribution in [1.82, 2.24) is 10.2 Å². The third-order valence-corrected chi connectivity index (χ3v) is 5.08. The molecule has 2 atom stereocenters. The number of amides is 2. The van der Waals surface area contributed by atoms with Gasteiger partial charge in [0.05, 0.1) is 22.1 Å². The third-order valence-electron chi connectivity index (χ3n) is 4.77. The molecule has 0 radical (unpaired) electrons. The van der Waals surface area contributed by atoms with E-state index in [4.69, 9.17) is 11.6 Å². The van der Waals surface area contributed by atoms with E-state index in [1.54, 1.807) is 0 Å². The lowest BCUT2D eigenvalue weighted by Gasteiger charge is -2.46. The Kier molecular flexibility index (Phi) is 4.29. The maximum Gasteiger partial charge on any atom is 0.255 e. The molecular weight excluding hydrogens is 323 g/mol. The second-order valence-corrected chi connectivity index (χ2v) is 6.58. The van der Waals surface area contributed by atoms with E-state index in [0.29, 0.717) is 25.9 Å². The molecule has 2 aliphatic rings. The van der Waals surface area contributed by atoms with Crippen molar-refractivity contribution in [2.24, 2.45) is 5.41 Å². The molecule has 0 saturated carbocycles. The van der Waals surface area contributed by atoms with Gasteiger partial charge >= 0.3 is 0 Å². The normalized spacial score (nSPS) is 27.9. The van der Waals surface area contributed by atoms with E-state index in [9.17, 15) is 19.1 Å². The molecule has 1 spiro atoms. The fourth-order valence-electron chi connectivity index (χ4n) is 3.45. The smallest absolute Gasteiger partial charge is 0.255 e. The Balaban J connectivity index is 1.86. The lowest BCUT2D eigenvalue weighted by molar-refractivity contribution is -0.147. The standard InChI is InChI=1S/C16H18ClFN2O3/c17-12-8-10(18)2-3-11(12)14(22)20-7-4-13(21)16(9-20)5-1-6-19-15(16)23/h2-3,8,13,21H,1,4-7,9H2,(H,19,23)/t13-,16+/m0/s1. The lowest BCUT2D eigenvalue weighted by atomic mass is 9.71. The highest BCUT2D eigenvalue weighted by Gasteiger charge is 2.50. The van der Waals surface area contributed by atoms with E-state index in [0.717, 1.165) is 12.5 Å². The van der Waals surface area contributed by atoms with Crippen LogP contribution in [0, 0.1) is 11.2 Å². The molecule has 5 nitrogen and oxygen atoms in total. The van der Waals surface area contributed by atoms with Crippen LogP contribution in [-0.4, -0.2) is 47.6 Å². The van der Waals surface area contributed by atoms with Crippen LogP contribution < -0.4 is 5.32 Å². The van der Waals surface area contributed by atoms with Gasteiger partial charge in [-0.05, 0) is 37.5 Å². The van der Waals surface area contributed by atoms with Crippen LogP contribution >= 0.6 is 11.6 Å². The van der Waals surface area contributed by atoms with Gasteiger partial charge in [0.25, 0.3) is 5.91 Å². The molecule has 1 aromatic carbocycles. The summed E-state index contributed by atoms with van der Waals surface area (Å²) in [5, 5.41) is 13.2. The molecule has 124 valence electrons. The Hall–Kier alpha value is -1.66. The van der Waals surface area contributed by atoms with Crippen molar-refractivity contribution >= 4 is 23.4 Å². The summed E-state index contributed by atoms with van der Waals surface area (Å²) in [6.07, 6.45) is 0.872. The summed E-state index contributed by atoms with van der Waals surface area (Å²) in [5.41, 5.74) is -0.755. The van der Waals surface area contributed by atoms with Crippen LogP contribution in [0.5, 0.6) is 0 Å². The van der Waals surface area contributed by atoms with Gasteiger partial charge in [-0.25, -0.2) is 4.39 Å². The zero-order chi connectivity index (χ0) is 16.6. The Morgan fingerprint density at radius 3 is 2.96 bits per heavy atom. The first-order chi connectivity index (χ1) is 10.9. The van der Waals surface area contributed by atoms with Gasteiger partial charge in [-0.3, -0.25) is 9.59 Å². The number of halogens is 2. The van der Waals surface area contributed by atoms with E-state index in [-0.39, 0.29) is 28.9 Å². The SMILES string of the molecule is O=C(c1ccc(F)cc1Cl)N1CC[C@H](O)[C@@]2(CCCNC2=O)C1. The number of hydrogen-bond donors (Lipinski definition) is 2. The number of hydrogen-bond acceptors (Lipinski definition) is 3. The number of benzene rings is 1. The minimum Gasteiger partial charge on any atom is -0.392 e. The highest BCUT2D eigenvalue weighted by molar-refractivity contribution is 6.33. The quantitative estimate of drug-likeness (QED) is 0.815. The molecule has 2 aliphatic heterocycles. The number of nitrogens with one attached hydrogen (secondary N) is 1. The molecule has 0 bridgehead atoms. The minimum atomic E-state index is -0.960. The Bertz CT molecular complexity index is 654. The van der Waals surface area contributed by atoms with Gasteiger partial charge in [-0.1, -0.05) is 11.6 Å². The van der Waals surface area contributed by atoms with Crippen LogP contribution in [0.15, 0.2) is 18.2 Å². The highest BCUT2D eigenvalue weighted by Crippen LogP contribution is 2.38. The third kappa shape index (κ3) is 2.81. The van der Waals surface area contributed by atoms with Crippen molar-refractivity contribution < 1.29 is 19.1 Å². The number of rotatable bonds is 1. The molecule has 0 aliphatic carbocycles. The van der Waals surface area contributed by atoms with Crippen molar-refractivity contribution in [2.45, 2.75) is 25.4 Å². The van der Waals surface area contributed by atoms with Gasteiger partial charge < -0.3 is 15.3 Å². The van der Waals surface area contributed by atoms with Crippen molar-refractivity contribution in [3.05, 3.63) is 34.6 Å². The van der Waals surface area contributed by atoms with Crippen LogP contribution in [0.3, 0.4) is 0 Å². The van der Waals surface area contributed by atoms with Crippen molar-refractivity contribution in [3.63, 3.8) is 0 Å². The molecule has 3 rings (SSSR count). The van der Waals surface area contributed by atoms with Gasteiger partial charge in [0.15, 0.2) is 0 Å². The van der Waals surface area contributed by atoms with Gasteiger partial charge in [-0.15, -0.1) is 0 Å². The van der Waals surface area contributed by atoms with E-state index in [2.05, 4.69) is 5.32 Å². The van der Waals surface area contributed by atoms with Crippen LogP contribution in [-0.2, 0) is 4.79 Å². The zero-order valence-corrected chi connectivity index (χ0v) is 13.3. The van der Waals surface area contributed by atoms with Crippen LogP contribution in [0.2, 0.25) is 5.02 Å². The summed E-state index contributed by atoms with van der Waals surface area (Å²) in [7, 11) is 0. The first-order valence-electron chi connectivity index (χ1n) is 7.65. The Morgan fingerprint density at radius 1 is 1.48 bits per heavy atom. The Morgan fingerprint density at radius 2 is 2.26 bits per heavy atom. The second-order valence-electron chi connectivity index (χ2n) is 6.17. The number of aliphatic hydroxyl groups excluding tert-OH is 1. The highest BCUT2D eigenvalue weighted by atomic mass is 35.5. The summed E-state index contributed by atoms with van der Waals surface area (Å²) in [5.74, 6) is -1.07. The maximum atomic E-state index is 13.1. The fraction of sp³-hybridized carbons (Fsp3) is 0.500. The van der Waals surface area contributed by atoms with E-state index in [1.165, 1.54) is 17.0 Å². The molecule has 2 heterocycles. The second kappa shape index (κ2) is 6.09. The topological polar surface area (TPSA) is 69.6 Å². The Labute approximate surface area is 138 Å². The number of likely N-dealkylation sites (tertiary alicyclic amines) is 1. The van der Waals surface area contributed by atoms with Gasteiger partial charge in [0, 0.05) is 19.6 Å². The number of carbonyl (C=O) groups excluding carboxylic acids is 2. The molecular formula is C16H18ClFN2O3. The molecule has 2 saturated heterocycles. The largest absolute Gasteiger partial charge is 0.392 e. The van der Waals surface area contributed by atoms with Crippen LogP contribution in [0.1, 0.15) is 29.6 Å². The van der Waals surface area contributed by atoms with Crippen LogP contribution in [0.4, 0.5) is 4.39 Å². The predicted molar refractivity (Wildman–Crippen MR) is 82.6 cm³/mol. The van der Waals surface area contributed by atoms with Gasteiger partial charge in [0.1, 0.15) is 5.82 Å². The number of piperidine rings is 2. The molecule has 2 fully saturated rings. The van der Waals surface area contributed by atoms with Gasteiger partial charge in [-0.2, -0.15) is 0 Å². The summed E-state index contributed by atoms with van der Waals surface area (Å²) in [6, 6.07) is 3.62. The number of nitrogens with zero attached hydrogens (tertiary/aromatic N) is 1. The van der Waals surface area contributed by atoms with Gasteiger partial charge in [0.2, 0.25) is 5.91 Å². The molecule has 2 amide bonds. The average molecular weight is 341 g/mol. The van der Waals surface area contributed by atoms with E-state index < -0.39 is 17.3 Å². The molecule has 23 heavy (non-hydrogen) atoms. The van der Waals surface area contributed by atoms with Crippen LogP contribution in [0.25, 0.3) is 0 Å². The average Bonchev–Trinajstić information content (AvgIpc) is 2.52. The molecule has 1 aromatic rings. The first-order valence-corrected chi connectivity index (χ1v) is 8.02. The number of carbonyl (C=O) groups is 2. The summed E-state index contributed by atoms with van der Waals surface area (Å²) in [6.45, 7) is 1.07. The van der Waals surface area contributed by atoms with Crippen molar-refractivity contribution in [3.8, 4) is 0 Å².